The van der Waals surface area contributed by atoms with Crippen LogP contribution in [0.5, 0.6) is 5.75 Å². The van der Waals surface area contributed by atoms with Gasteiger partial charge in [0.1, 0.15) is 11.4 Å². The normalized spacial score (nSPS) is 26.4. The molecule has 76 valence electrons. The average Bonchev–Trinajstić information content (AvgIpc) is 2.67. The molecule has 1 aliphatic rings. The second-order valence-corrected chi connectivity index (χ2v) is 3.69. The molecular formula is C11H15NO2. The van der Waals surface area contributed by atoms with Crippen molar-refractivity contribution in [2.45, 2.75) is 12.0 Å². The molecule has 3 heteroatoms. The van der Waals surface area contributed by atoms with E-state index in [4.69, 9.17) is 4.74 Å². The number of aliphatic hydroxyl groups is 1. The van der Waals surface area contributed by atoms with Crippen LogP contribution in [-0.2, 0) is 5.60 Å². The smallest absolute Gasteiger partial charge is 0.118 e. The van der Waals surface area contributed by atoms with Gasteiger partial charge in [0.2, 0.25) is 0 Å². The van der Waals surface area contributed by atoms with Gasteiger partial charge in [0.15, 0.2) is 0 Å². The Hall–Kier alpha value is -1.06. The first-order chi connectivity index (χ1) is 6.74. The third kappa shape index (κ3) is 1.61. The van der Waals surface area contributed by atoms with Crippen molar-refractivity contribution in [3.8, 4) is 5.75 Å². The number of β-amino-alcohol motifs (C(OH)–C–C–N with tert-alkyl or cyclic N) is 1. The van der Waals surface area contributed by atoms with Gasteiger partial charge in [-0.25, -0.2) is 0 Å². The summed E-state index contributed by atoms with van der Waals surface area (Å²) in [5.41, 5.74) is 0.273. The third-order valence-corrected chi connectivity index (χ3v) is 2.76. The molecular weight excluding hydrogens is 178 g/mol. The quantitative estimate of drug-likeness (QED) is 0.732. The van der Waals surface area contributed by atoms with Crippen molar-refractivity contribution in [2.24, 2.45) is 0 Å². The Labute approximate surface area is 83.7 Å². The lowest BCUT2D eigenvalue weighted by atomic mass is 9.93. The lowest BCUT2D eigenvalue weighted by molar-refractivity contribution is 0.0587. The van der Waals surface area contributed by atoms with Gasteiger partial charge in [-0.2, -0.15) is 0 Å². The summed E-state index contributed by atoms with van der Waals surface area (Å²) in [4.78, 5) is 0. The van der Waals surface area contributed by atoms with Gasteiger partial charge in [0.25, 0.3) is 0 Å². The standard InChI is InChI=1S/C11H15NO2/c1-14-10-4-2-9(3-5-10)11(13)6-7-12-8-11/h2-5,12-13H,6-8H2,1H3. The van der Waals surface area contributed by atoms with Gasteiger partial charge in [0, 0.05) is 6.54 Å². The van der Waals surface area contributed by atoms with Crippen LogP contribution in [0.4, 0.5) is 0 Å². The molecule has 2 N–H and O–H groups in total. The molecule has 0 spiro atoms. The Balaban J connectivity index is 2.23. The average molecular weight is 193 g/mol. The lowest BCUT2D eigenvalue weighted by Crippen LogP contribution is -2.28. The predicted molar refractivity (Wildman–Crippen MR) is 54.4 cm³/mol. The van der Waals surface area contributed by atoms with Gasteiger partial charge < -0.3 is 15.2 Å². The van der Waals surface area contributed by atoms with Crippen LogP contribution in [0.2, 0.25) is 0 Å². The first-order valence-corrected chi connectivity index (χ1v) is 4.82. The van der Waals surface area contributed by atoms with Gasteiger partial charge in [-0.1, -0.05) is 12.1 Å². The Bertz CT molecular complexity index is 302. The molecule has 1 heterocycles. The summed E-state index contributed by atoms with van der Waals surface area (Å²) in [7, 11) is 1.64. The zero-order chi connectivity index (χ0) is 10.0. The highest BCUT2D eigenvalue weighted by Gasteiger charge is 2.32. The van der Waals surface area contributed by atoms with E-state index >= 15 is 0 Å². The highest BCUT2D eigenvalue weighted by Crippen LogP contribution is 2.28. The predicted octanol–water partition coefficient (Wildman–Crippen LogP) is 0.876. The van der Waals surface area contributed by atoms with E-state index < -0.39 is 5.60 Å². The fourth-order valence-corrected chi connectivity index (χ4v) is 1.83. The molecule has 1 aromatic rings. The topological polar surface area (TPSA) is 41.5 Å². The van der Waals surface area contributed by atoms with E-state index in [1.165, 1.54) is 0 Å². The van der Waals surface area contributed by atoms with Crippen LogP contribution in [-0.4, -0.2) is 25.3 Å². The molecule has 1 saturated heterocycles. The van der Waals surface area contributed by atoms with E-state index in [1.807, 2.05) is 24.3 Å². The van der Waals surface area contributed by atoms with E-state index in [-0.39, 0.29) is 0 Å². The zero-order valence-electron chi connectivity index (χ0n) is 8.29. The summed E-state index contributed by atoms with van der Waals surface area (Å²) in [6.07, 6.45) is 0.777. The molecule has 0 aromatic heterocycles. The minimum atomic E-state index is -0.688. The summed E-state index contributed by atoms with van der Waals surface area (Å²) in [6.45, 7) is 1.52. The number of hydrogen-bond acceptors (Lipinski definition) is 3. The van der Waals surface area contributed by atoms with Crippen molar-refractivity contribution < 1.29 is 9.84 Å². The molecule has 0 radical (unpaired) electrons. The Morgan fingerprint density at radius 2 is 2.07 bits per heavy atom. The van der Waals surface area contributed by atoms with Crippen LogP contribution in [0.15, 0.2) is 24.3 Å². The van der Waals surface area contributed by atoms with Crippen molar-refractivity contribution in [2.75, 3.05) is 20.2 Å². The van der Waals surface area contributed by atoms with E-state index in [0.717, 1.165) is 24.3 Å². The molecule has 2 rings (SSSR count). The second kappa shape index (κ2) is 3.59. The highest BCUT2D eigenvalue weighted by molar-refractivity contribution is 5.31. The molecule has 0 amide bonds. The maximum Gasteiger partial charge on any atom is 0.118 e. The maximum atomic E-state index is 10.2. The summed E-state index contributed by atoms with van der Waals surface area (Å²) < 4.78 is 5.07. The van der Waals surface area contributed by atoms with E-state index in [2.05, 4.69) is 5.32 Å². The molecule has 0 aliphatic carbocycles. The first kappa shape index (κ1) is 9.49. The van der Waals surface area contributed by atoms with Gasteiger partial charge in [0.05, 0.1) is 7.11 Å². The molecule has 3 nitrogen and oxygen atoms in total. The molecule has 0 saturated carbocycles. The SMILES string of the molecule is COc1ccc(C2(O)CCNC2)cc1. The van der Waals surface area contributed by atoms with Gasteiger partial charge in [-0.15, -0.1) is 0 Å². The summed E-state index contributed by atoms with van der Waals surface area (Å²) in [5.74, 6) is 0.823. The van der Waals surface area contributed by atoms with Gasteiger partial charge >= 0.3 is 0 Å². The Morgan fingerprint density at radius 1 is 1.36 bits per heavy atom. The van der Waals surface area contributed by atoms with E-state index in [1.54, 1.807) is 7.11 Å². The molecule has 0 bridgehead atoms. The van der Waals surface area contributed by atoms with Crippen LogP contribution in [0, 0.1) is 0 Å². The van der Waals surface area contributed by atoms with Crippen LogP contribution in [0.25, 0.3) is 0 Å². The number of rotatable bonds is 2. The molecule has 1 unspecified atom stereocenters. The van der Waals surface area contributed by atoms with E-state index in [0.29, 0.717) is 6.54 Å². The monoisotopic (exact) mass is 193 g/mol. The minimum Gasteiger partial charge on any atom is -0.497 e. The number of benzene rings is 1. The van der Waals surface area contributed by atoms with Crippen molar-refractivity contribution in [3.63, 3.8) is 0 Å². The Kier molecular flexibility index (Phi) is 2.44. The van der Waals surface area contributed by atoms with Gasteiger partial charge in [-0.05, 0) is 30.7 Å². The minimum absolute atomic E-state index is 0.638. The zero-order valence-corrected chi connectivity index (χ0v) is 8.29. The van der Waals surface area contributed by atoms with Crippen LogP contribution in [0.1, 0.15) is 12.0 Å². The largest absolute Gasteiger partial charge is 0.497 e. The van der Waals surface area contributed by atoms with Crippen molar-refractivity contribution in [1.29, 1.82) is 0 Å². The van der Waals surface area contributed by atoms with Crippen LogP contribution in [0.3, 0.4) is 0 Å². The number of nitrogens with one attached hydrogen (secondary N) is 1. The highest BCUT2D eigenvalue weighted by atomic mass is 16.5. The summed E-state index contributed by atoms with van der Waals surface area (Å²) >= 11 is 0. The molecule has 14 heavy (non-hydrogen) atoms. The maximum absolute atomic E-state index is 10.2. The number of ether oxygens (including phenoxy) is 1. The van der Waals surface area contributed by atoms with E-state index in [9.17, 15) is 5.11 Å². The van der Waals surface area contributed by atoms with Gasteiger partial charge in [-0.3, -0.25) is 0 Å². The van der Waals surface area contributed by atoms with Crippen molar-refractivity contribution in [1.82, 2.24) is 5.32 Å². The number of hydrogen-bond donors (Lipinski definition) is 2. The fraction of sp³-hybridized carbons (Fsp3) is 0.455. The van der Waals surface area contributed by atoms with Crippen molar-refractivity contribution >= 4 is 0 Å². The fourth-order valence-electron chi connectivity index (χ4n) is 1.83. The summed E-state index contributed by atoms with van der Waals surface area (Å²) in [5, 5.41) is 13.4. The lowest BCUT2D eigenvalue weighted by Gasteiger charge is -2.21. The molecule has 1 aromatic carbocycles. The van der Waals surface area contributed by atoms with Crippen molar-refractivity contribution in [3.05, 3.63) is 29.8 Å². The first-order valence-electron chi connectivity index (χ1n) is 4.82. The third-order valence-electron chi connectivity index (χ3n) is 2.76. The van der Waals surface area contributed by atoms with Crippen LogP contribution >= 0.6 is 0 Å². The number of methoxy groups -OCH3 is 1. The molecule has 1 fully saturated rings. The summed E-state index contributed by atoms with van der Waals surface area (Å²) in [6, 6.07) is 7.61. The second-order valence-electron chi connectivity index (χ2n) is 3.69. The van der Waals surface area contributed by atoms with Crippen LogP contribution < -0.4 is 10.1 Å². The molecule has 1 aliphatic heterocycles. The molecule has 1 atom stereocenters. The Morgan fingerprint density at radius 3 is 2.57 bits per heavy atom.